The van der Waals surface area contributed by atoms with Crippen LogP contribution in [0.1, 0.15) is 24.2 Å². The van der Waals surface area contributed by atoms with Crippen molar-refractivity contribution in [3.63, 3.8) is 0 Å². The molecule has 0 aliphatic carbocycles. The van der Waals surface area contributed by atoms with Crippen LogP contribution in [-0.4, -0.2) is 9.38 Å². The average molecular weight is 348 g/mol. The van der Waals surface area contributed by atoms with Gasteiger partial charge in [0, 0.05) is 29.9 Å². The maximum Gasteiger partial charge on any atom is 0.258 e. The van der Waals surface area contributed by atoms with E-state index in [4.69, 9.17) is 23.2 Å². The smallest absolute Gasteiger partial charge is 0.258 e. The first-order valence-corrected chi connectivity index (χ1v) is 7.96. The van der Waals surface area contributed by atoms with Crippen molar-refractivity contribution in [1.82, 2.24) is 14.7 Å². The third-order valence-corrected chi connectivity index (χ3v) is 4.21. The van der Waals surface area contributed by atoms with Crippen molar-refractivity contribution in [1.29, 1.82) is 0 Å². The molecule has 3 rings (SSSR count). The van der Waals surface area contributed by atoms with E-state index in [1.165, 1.54) is 10.5 Å². The first kappa shape index (κ1) is 16.0. The Morgan fingerprint density at radius 1 is 1.22 bits per heavy atom. The van der Waals surface area contributed by atoms with Gasteiger partial charge in [-0.3, -0.25) is 9.20 Å². The van der Waals surface area contributed by atoms with Gasteiger partial charge in [-0.2, -0.15) is 0 Å². The predicted molar refractivity (Wildman–Crippen MR) is 93.2 cm³/mol. The third-order valence-electron chi connectivity index (χ3n) is 3.64. The molecule has 3 aromatic rings. The molecule has 118 valence electrons. The van der Waals surface area contributed by atoms with Crippen LogP contribution in [0.15, 0.2) is 53.5 Å². The molecule has 0 amide bonds. The van der Waals surface area contributed by atoms with Gasteiger partial charge in [-0.15, -0.1) is 0 Å². The van der Waals surface area contributed by atoms with Crippen LogP contribution in [0.4, 0.5) is 0 Å². The number of halogens is 2. The Hall–Kier alpha value is -1.88. The summed E-state index contributed by atoms with van der Waals surface area (Å²) in [5.41, 5.74) is 2.11. The molecule has 0 radical (unpaired) electrons. The lowest BCUT2D eigenvalue weighted by Crippen LogP contribution is -2.22. The van der Waals surface area contributed by atoms with Gasteiger partial charge < -0.3 is 5.32 Å². The Labute approximate surface area is 143 Å². The van der Waals surface area contributed by atoms with Gasteiger partial charge in [0.1, 0.15) is 5.65 Å². The summed E-state index contributed by atoms with van der Waals surface area (Å²) in [6, 6.07) is 12.7. The Balaban J connectivity index is 1.81. The third kappa shape index (κ3) is 3.55. The second kappa shape index (κ2) is 6.71. The molecular weight excluding hydrogens is 333 g/mol. The molecule has 0 fully saturated rings. The Morgan fingerprint density at radius 2 is 2.00 bits per heavy atom. The summed E-state index contributed by atoms with van der Waals surface area (Å²) in [5, 5.41) is 4.55. The quantitative estimate of drug-likeness (QED) is 0.779. The molecule has 1 atom stereocenters. The number of pyridine rings is 1. The van der Waals surface area contributed by atoms with Crippen LogP contribution >= 0.6 is 23.2 Å². The zero-order valence-electron chi connectivity index (χ0n) is 12.5. The summed E-state index contributed by atoms with van der Waals surface area (Å²) in [6.45, 7) is 2.50. The largest absolute Gasteiger partial charge is 0.305 e. The average Bonchev–Trinajstić information content (AvgIpc) is 2.54. The molecule has 0 bridgehead atoms. The number of benzene rings is 1. The number of nitrogens with zero attached hydrogens (tertiary/aromatic N) is 2. The van der Waals surface area contributed by atoms with Crippen LogP contribution in [0.5, 0.6) is 0 Å². The van der Waals surface area contributed by atoms with Crippen molar-refractivity contribution >= 4 is 28.8 Å². The zero-order chi connectivity index (χ0) is 16.4. The van der Waals surface area contributed by atoms with Crippen molar-refractivity contribution in [2.75, 3.05) is 0 Å². The van der Waals surface area contributed by atoms with Crippen LogP contribution in [0.25, 0.3) is 5.65 Å². The van der Waals surface area contributed by atoms with E-state index in [2.05, 4.69) is 10.3 Å². The summed E-state index contributed by atoms with van der Waals surface area (Å²) in [6.07, 6.45) is 1.57. The fourth-order valence-corrected chi connectivity index (χ4v) is 2.87. The van der Waals surface area contributed by atoms with Crippen LogP contribution in [0.3, 0.4) is 0 Å². The first-order valence-electron chi connectivity index (χ1n) is 7.20. The molecule has 2 heterocycles. The SMILES string of the molecule is CC(NCc1cc(=O)n2cc(Cl)ccc2n1)c1ccccc1Cl. The van der Waals surface area contributed by atoms with Crippen LogP contribution < -0.4 is 10.9 Å². The minimum absolute atomic E-state index is 0.0502. The number of fused-ring (bicyclic) bond motifs is 1. The number of hydrogen-bond acceptors (Lipinski definition) is 3. The molecule has 1 unspecified atom stereocenters. The molecule has 6 heteroatoms. The molecule has 1 N–H and O–H groups in total. The van der Waals surface area contributed by atoms with Gasteiger partial charge in [-0.1, -0.05) is 41.4 Å². The van der Waals surface area contributed by atoms with Gasteiger partial charge in [0.15, 0.2) is 0 Å². The maximum atomic E-state index is 12.1. The van der Waals surface area contributed by atoms with Gasteiger partial charge in [0.05, 0.1) is 10.7 Å². The maximum absolute atomic E-state index is 12.1. The lowest BCUT2D eigenvalue weighted by Gasteiger charge is -2.15. The van der Waals surface area contributed by atoms with Crippen molar-refractivity contribution < 1.29 is 0 Å². The minimum atomic E-state index is -0.153. The van der Waals surface area contributed by atoms with Gasteiger partial charge in [0.2, 0.25) is 0 Å². The molecule has 4 nitrogen and oxygen atoms in total. The predicted octanol–water partition coefficient (Wildman–Crippen LogP) is 3.85. The molecule has 0 spiro atoms. The number of nitrogens with one attached hydrogen (secondary N) is 1. The van der Waals surface area contributed by atoms with Crippen molar-refractivity contribution in [3.05, 3.63) is 80.3 Å². The van der Waals surface area contributed by atoms with Crippen LogP contribution in [0.2, 0.25) is 10.0 Å². The van der Waals surface area contributed by atoms with Crippen molar-refractivity contribution in [3.8, 4) is 0 Å². The Bertz CT molecular complexity index is 908. The van der Waals surface area contributed by atoms with E-state index in [0.29, 0.717) is 27.9 Å². The molecule has 23 heavy (non-hydrogen) atoms. The molecule has 0 saturated carbocycles. The highest BCUT2D eigenvalue weighted by molar-refractivity contribution is 6.31. The van der Waals surface area contributed by atoms with Gasteiger partial charge in [-0.05, 0) is 30.7 Å². The van der Waals surface area contributed by atoms with E-state index in [-0.39, 0.29) is 11.6 Å². The lowest BCUT2D eigenvalue weighted by atomic mass is 10.1. The summed E-state index contributed by atoms with van der Waals surface area (Å²) < 4.78 is 1.43. The second-order valence-corrected chi connectivity index (χ2v) is 6.13. The highest BCUT2D eigenvalue weighted by atomic mass is 35.5. The van der Waals surface area contributed by atoms with E-state index < -0.39 is 0 Å². The van der Waals surface area contributed by atoms with E-state index in [1.807, 2.05) is 31.2 Å². The number of hydrogen-bond donors (Lipinski definition) is 1. The minimum Gasteiger partial charge on any atom is -0.305 e. The standard InChI is InChI=1S/C17H15Cl2N3O/c1-11(14-4-2-3-5-15(14)19)20-9-13-8-17(23)22-10-12(18)6-7-16(22)21-13/h2-8,10-11,20H,9H2,1H3. The summed E-state index contributed by atoms with van der Waals surface area (Å²) in [4.78, 5) is 16.6. The first-order chi connectivity index (χ1) is 11.0. The van der Waals surface area contributed by atoms with E-state index >= 15 is 0 Å². The zero-order valence-corrected chi connectivity index (χ0v) is 14.0. The molecule has 2 aromatic heterocycles. The lowest BCUT2D eigenvalue weighted by molar-refractivity contribution is 0.567. The van der Waals surface area contributed by atoms with Crippen molar-refractivity contribution in [2.24, 2.45) is 0 Å². The van der Waals surface area contributed by atoms with Gasteiger partial charge in [0.25, 0.3) is 5.56 Å². The highest BCUT2D eigenvalue weighted by Crippen LogP contribution is 2.22. The number of rotatable bonds is 4. The Morgan fingerprint density at radius 3 is 2.78 bits per heavy atom. The van der Waals surface area contributed by atoms with E-state index in [9.17, 15) is 4.79 Å². The van der Waals surface area contributed by atoms with Crippen LogP contribution in [-0.2, 0) is 6.54 Å². The van der Waals surface area contributed by atoms with E-state index in [1.54, 1.807) is 18.3 Å². The van der Waals surface area contributed by atoms with Gasteiger partial charge >= 0.3 is 0 Å². The van der Waals surface area contributed by atoms with E-state index in [0.717, 1.165) is 5.56 Å². The summed E-state index contributed by atoms with van der Waals surface area (Å²) in [5.74, 6) is 0. The Kier molecular flexibility index (Phi) is 4.66. The van der Waals surface area contributed by atoms with Gasteiger partial charge in [-0.25, -0.2) is 4.98 Å². The second-order valence-electron chi connectivity index (χ2n) is 5.29. The molecule has 0 aliphatic heterocycles. The molecule has 0 aliphatic rings. The van der Waals surface area contributed by atoms with Crippen LogP contribution in [0, 0.1) is 0 Å². The monoisotopic (exact) mass is 347 g/mol. The van der Waals surface area contributed by atoms with Crippen molar-refractivity contribution in [2.45, 2.75) is 19.5 Å². The highest BCUT2D eigenvalue weighted by Gasteiger charge is 2.09. The fourth-order valence-electron chi connectivity index (χ4n) is 2.41. The normalized spacial score (nSPS) is 12.5. The summed E-state index contributed by atoms with van der Waals surface area (Å²) in [7, 11) is 0. The fraction of sp³-hybridized carbons (Fsp3) is 0.176. The molecule has 0 saturated heterocycles. The topological polar surface area (TPSA) is 46.4 Å². The molecular formula is C17H15Cl2N3O. The summed E-state index contributed by atoms with van der Waals surface area (Å²) >= 11 is 12.1. The molecule has 1 aromatic carbocycles. The number of aromatic nitrogens is 2.